The molecule has 0 saturated carbocycles. The molecule has 21 heavy (non-hydrogen) atoms. The summed E-state index contributed by atoms with van der Waals surface area (Å²) in [7, 11) is 0. The molecule has 0 aliphatic heterocycles. The minimum absolute atomic E-state index is 0.235. The van der Waals surface area contributed by atoms with Gasteiger partial charge in [0, 0.05) is 21.6 Å². The molecule has 0 radical (unpaired) electrons. The zero-order valence-electron chi connectivity index (χ0n) is 12.3. The van der Waals surface area contributed by atoms with Crippen molar-refractivity contribution in [1.29, 1.82) is 0 Å². The van der Waals surface area contributed by atoms with Gasteiger partial charge in [-0.05, 0) is 54.7 Å². The molecule has 0 bridgehead atoms. The predicted octanol–water partition coefficient (Wildman–Crippen LogP) is 6.02. The Bertz CT molecular complexity index is 581. The Balaban J connectivity index is 2.45. The average Bonchev–Trinajstić information content (AvgIpc) is 2.49. The largest absolute Gasteiger partial charge is 0.126 e. The average molecular weight is 386 g/mol. The second kappa shape index (κ2) is 7.17. The molecule has 0 aliphatic carbocycles. The van der Waals surface area contributed by atoms with E-state index in [1.54, 1.807) is 0 Å². The van der Waals surface area contributed by atoms with Crippen molar-refractivity contribution in [3.63, 3.8) is 0 Å². The second-order valence-electron chi connectivity index (χ2n) is 5.60. The lowest BCUT2D eigenvalue weighted by molar-refractivity contribution is 0.533. The van der Waals surface area contributed by atoms with Crippen molar-refractivity contribution in [3.05, 3.63) is 69.2 Å². The maximum atomic E-state index is 6.36. The first-order chi connectivity index (χ1) is 10.0. The van der Waals surface area contributed by atoms with Gasteiger partial charge in [0.05, 0.1) is 0 Å². The third-order valence-corrected chi connectivity index (χ3v) is 5.68. The normalized spacial score (nSPS) is 11.7. The van der Waals surface area contributed by atoms with Crippen LogP contribution in [-0.2, 0) is 11.8 Å². The number of alkyl halides is 2. The van der Waals surface area contributed by atoms with Gasteiger partial charge in [-0.1, -0.05) is 46.3 Å². The van der Waals surface area contributed by atoms with Gasteiger partial charge in [0.1, 0.15) is 0 Å². The van der Waals surface area contributed by atoms with Crippen molar-refractivity contribution in [3.8, 4) is 0 Å². The van der Waals surface area contributed by atoms with E-state index in [-0.39, 0.29) is 5.41 Å². The molecular formula is C18H19BrCl2. The Labute approximate surface area is 145 Å². The summed E-state index contributed by atoms with van der Waals surface area (Å²) in [5.74, 6) is 1.01. The smallest absolute Gasteiger partial charge is 0.0335 e. The van der Waals surface area contributed by atoms with Crippen molar-refractivity contribution in [2.24, 2.45) is 0 Å². The molecule has 0 nitrogen and oxygen atoms in total. The number of aryl methyl sites for hydroxylation is 2. The maximum absolute atomic E-state index is 6.36. The van der Waals surface area contributed by atoms with Gasteiger partial charge in [0.15, 0.2) is 0 Å². The molecule has 0 saturated heterocycles. The van der Waals surface area contributed by atoms with Gasteiger partial charge in [-0.25, -0.2) is 0 Å². The van der Waals surface area contributed by atoms with E-state index in [2.05, 4.69) is 60.1 Å². The molecule has 3 heteroatoms. The van der Waals surface area contributed by atoms with E-state index in [1.165, 1.54) is 22.3 Å². The van der Waals surface area contributed by atoms with Crippen molar-refractivity contribution < 1.29 is 0 Å². The monoisotopic (exact) mass is 384 g/mol. The van der Waals surface area contributed by atoms with Gasteiger partial charge < -0.3 is 0 Å². The Hall–Kier alpha value is -0.500. The highest BCUT2D eigenvalue weighted by Crippen LogP contribution is 2.34. The number of hydrogen-bond acceptors (Lipinski definition) is 0. The molecule has 2 aromatic rings. The summed E-state index contributed by atoms with van der Waals surface area (Å²) in [4.78, 5) is 0. The Morgan fingerprint density at radius 1 is 0.905 bits per heavy atom. The Morgan fingerprint density at radius 3 is 1.90 bits per heavy atom. The highest BCUT2D eigenvalue weighted by atomic mass is 79.9. The molecule has 0 heterocycles. The number of benzene rings is 2. The molecule has 0 atom stereocenters. The van der Waals surface area contributed by atoms with Crippen LogP contribution in [0.4, 0.5) is 0 Å². The van der Waals surface area contributed by atoms with Crippen LogP contribution >= 0.6 is 39.1 Å². The minimum Gasteiger partial charge on any atom is -0.126 e. The zero-order valence-corrected chi connectivity index (χ0v) is 15.4. The summed E-state index contributed by atoms with van der Waals surface area (Å²) in [6.07, 6.45) is 0.861. The van der Waals surface area contributed by atoms with E-state index in [0.29, 0.717) is 11.8 Å². The van der Waals surface area contributed by atoms with E-state index in [9.17, 15) is 0 Å². The summed E-state index contributed by atoms with van der Waals surface area (Å²) >= 11 is 16.2. The molecule has 0 spiro atoms. The van der Waals surface area contributed by atoms with Crippen LogP contribution in [0.3, 0.4) is 0 Å². The summed E-state index contributed by atoms with van der Waals surface area (Å²) in [5, 5.41) is 0. The molecule has 0 fully saturated rings. The van der Waals surface area contributed by atoms with Crippen LogP contribution in [0.5, 0.6) is 0 Å². The SMILES string of the molecule is Cc1cccc(C)c1CC(CCl)(CCl)c1ccc(Br)cc1. The van der Waals surface area contributed by atoms with E-state index >= 15 is 0 Å². The second-order valence-corrected chi connectivity index (χ2v) is 7.05. The van der Waals surface area contributed by atoms with Crippen LogP contribution in [-0.4, -0.2) is 11.8 Å². The van der Waals surface area contributed by atoms with Crippen molar-refractivity contribution in [1.82, 2.24) is 0 Å². The number of hydrogen-bond donors (Lipinski definition) is 0. The first-order valence-corrected chi connectivity index (χ1v) is 8.82. The first-order valence-electron chi connectivity index (χ1n) is 6.95. The van der Waals surface area contributed by atoms with Crippen molar-refractivity contribution in [2.75, 3.05) is 11.8 Å². The van der Waals surface area contributed by atoms with E-state index in [1.807, 2.05) is 12.1 Å². The van der Waals surface area contributed by atoms with Crippen LogP contribution < -0.4 is 0 Å². The van der Waals surface area contributed by atoms with Crippen LogP contribution in [0.15, 0.2) is 46.9 Å². The first kappa shape index (κ1) is 16.9. The molecular weight excluding hydrogens is 367 g/mol. The summed E-state index contributed by atoms with van der Waals surface area (Å²) in [6, 6.07) is 14.7. The van der Waals surface area contributed by atoms with Crippen LogP contribution in [0.2, 0.25) is 0 Å². The molecule has 0 amide bonds. The molecule has 0 aromatic heterocycles. The lowest BCUT2D eigenvalue weighted by Crippen LogP contribution is -2.34. The number of rotatable bonds is 5. The van der Waals surface area contributed by atoms with Gasteiger partial charge >= 0.3 is 0 Å². The van der Waals surface area contributed by atoms with Crippen molar-refractivity contribution in [2.45, 2.75) is 25.7 Å². The van der Waals surface area contributed by atoms with Gasteiger partial charge in [-0.15, -0.1) is 23.2 Å². The van der Waals surface area contributed by atoms with E-state index in [4.69, 9.17) is 23.2 Å². The molecule has 0 unspecified atom stereocenters. The highest BCUT2D eigenvalue weighted by molar-refractivity contribution is 9.10. The van der Waals surface area contributed by atoms with E-state index < -0.39 is 0 Å². The molecule has 112 valence electrons. The zero-order chi connectivity index (χ0) is 15.5. The quantitative estimate of drug-likeness (QED) is 0.551. The lowest BCUT2D eigenvalue weighted by Gasteiger charge is -2.32. The van der Waals surface area contributed by atoms with Gasteiger partial charge in [0.25, 0.3) is 0 Å². The van der Waals surface area contributed by atoms with Crippen LogP contribution in [0.1, 0.15) is 22.3 Å². The third-order valence-electron chi connectivity index (χ3n) is 4.13. The van der Waals surface area contributed by atoms with Crippen LogP contribution in [0.25, 0.3) is 0 Å². The standard InChI is InChI=1S/C18H19BrCl2/c1-13-4-3-5-14(2)17(13)10-18(11-20,12-21)15-6-8-16(19)9-7-15/h3-9H,10-12H2,1-2H3. The summed E-state index contributed by atoms with van der Waals surface area (Å²) in [5.41, 5.74) is 4.90. The fourth-order valence-corrected chi connectivity index (χ4v) is 3.70. The molecule has 0 aliphatic rings. The molecule has 2 rings (SSSR count). The fraction of sp³-hybridized carbons (Fsp3) is 0.333. The molecule has 2 aromatic carbocycles. The van der Waals surface area contributed by atoms with Crippen molar-refractivity contribution >= 4 is 39.1 Å². The maximum Gasteiger partial charge on any atom is 0.0335 e. The molecule has 0 N–H and O–H groups in total. The van der Waals surface area contributed by atoms with E-state index in [0.717, 1.165) is 10.9 Å². The lowest BCUT2D eigenvalue weighted by atomic mass is 9.77. The summed E-state index contributed by atoms with van der Waals surface area (Å²) < 4.78 is 1.07. The topological polar surface area (TPSA) is 0 Å². The van der Waals surface area contributed by atoms with Gasteiger partial charge in [-0.3, -0.25) is 0 Å². The predicted molar refractivity (Wildman–Crippen MR) is 96.9 cm³/mol. The Morgan fingerprint density at radius 2 is 1.43 bits per heavy atom. The fourth-order valence-electron chi connectivity index (χ4n) is 2.66. The summed E-state index contributed by atoms with van der Waals surface area (Å²) in [6.45, 7) is 4.30. The van der Waals surface area contributed by atoms with Crippen LogP contribution in [0, 0.1) is 13.8 Å². The van der Waals surface area contributed by atoms with Gasteiger partial charge in [-0.2, -0.15) is 0 Å². The third kappa shape index (κ3) is 3.64. The van der Waals surface area contributed by atoms with Gasteiger partial charge in [0.2, 0.25) is 0 Å². The Kier molecular flexibility index (Phi) is 5.76. The number of halogens is 3. The minimum atomic E-state index is -0.235. The highest BCUT2D eigenvalue weighted by Gasteiger charge is 2.32.